The lowest BCUT2D eigenvalue weighted by Crippen LogP contribution is -2.04. The standard InChI is InChI=1S/C14H15NO2S/c1-16-13-7-9-14(10-8-13)18-15-17-11-12-5-3-2-4-6-12/h2-10,15H,11H2,1H3. The molecule has 18 heavy (non-hydrogen) atoms. The molecule has 0 aliphatic heterocycles. The van der Waals surface area contributed by atoms with Crippen LogP contribution in [0.1, 0.15) is 5.56 Å². The summed E-state index contributed by atoms with van der Waals surface area (Å²) in [6.45, 7) is 0.546. The largest absolute Gasteiger partial charge is 0.497 e. The lowest BCUT2D eigenvalue weighted by molar-refractivity contribution is 0.0871. The summed E-state index contributed by atoms with van der Waals surface area (Å²) in [5.74, 6) is 0.851. The lowest BCUT2D eigenvalue weighted by atomic mass is 10.2. The Hall–Kier alpha value is -1.49. The zero-order valence-corrected chi connectivity index (χ0v) is 10.9. The highest BCUT2D eigenvalue weighted by atomic mass is 32.2. The van der Waals surface area contributed by atoms with Crippen LogP contribution in [-0.4, -0.2) is 7.11 Å². The van der Waals surface area contributed by atoms with Gasteiger partial charge >= 0.3 is 0 Å². The predicted octanol–water partition coefficient (Wildman–Crippen LogP) is 3.42. The molecule has 2 aromatic carbocycles. The molecule has 0 aliphatic carbocycles. The Morgan fingerprint density at radius 2 is 1.72 bits per heavy atom. The first-order chi connectivity index (χ1) is 8.88. The SMILES string of the molecule is COc1ccc(SNOCc2ccccc2)cc1. The number of nitrogens with one attached hydrogen (secondary N) is 1. The van der Waals surface area contributed by atoms with Crippen molar-refractivity contribution in [1.29, 1.82) is 0 Å². The van der Waals surface area contributed by atoms with Crippen molar-refractivity contribution in [2.45, 2.75) is 11.5 Å². The first kappa shape index (κ1) is 13.0. The molecule has 0 saturated carbocycles. The van der Waals surface area contributed by atoms with Crippen LogP contribution in [-0.2, 0) is 11.4 Å². The van der Waals surface area contributed by atoms with Gasteiger partial charge in [0.1, 0.15) is 5.75 Å². The van der Waals surface area contributed by atoms with E-state index in [1.807, 2.05) is 54.6 Å². The number of hydrogen-bond acceptors (Lipinski definition) is 4. The summed E-state index contributed by atoms with van der Waals surface area (Å²) < 4.78 is 5.09. The van der Waals surface area contributed by atoms with Gasteiger partial charge in [-0.1, -0.05) is 30.3 Å². The summed E-state index contributed by atoms with van der Waals surface area (Å²) in [6, 6.07) is 17.8. The highest BCUT2D eigenvalue weighted by molar-refractivity contribution is 7.97. The first-order valence-corrected chi connectivity index (χ1v) is 6.42. The van der Waals surface area contributed by atoms with Crippen LogP contribution in [0.4, 0.5) is 0 Å². The smallest absolute Gasteiger partial charge is 0.118 e. The van der Waals surface area contributed by atoms with Gasteiger partial charge in [0.05, 0.1) is 13.7 Å². The summed E-state index contributed by atoms with van der Waals surface area (Å²) in [5, 5.41) is 0. The molecule has 0 atom stereocenters. The highest BCUT2D eigenvalue weighted by Crippen LogP contribution is 2.18. The number of benzene rings is 2. The molecule has 0 heterocycles. The average molecular weight is 261 g/mol. The molecule has 1 N–H and O–H groups in total. The van der Waals surface area contributed by atoms with Crippen molar-refractivity contribution < 1.29 is 9.57 Å². The fraction of sp³-hybridized carbons (Fsp3) is 0.143. The topological polar surface area (TPSA) is 30.5 Å². The van der Waals surface area contributed by atoms with Crippen molar-refractivity contribution in [3.63, 3.8) is 0 Å². The van der Waals surface area contributed by atoms with E-state index in [1.54, 1.807) is 7.11 Å². The fourth-order valence-electron chi connectivity index (χ4n) is 1.41. The molecule has 0 fully saturated rings. The van der Waals surface area contributed by atoms with Gasteiger partial charge < -0.3 is 4.74 Å². The molecule has 0 aliphatic rings. The molecule has 2 aromatic rings. The second-order valence-corrected chi connectivity index (χ2v) is 4.48. The van der Waals surface area contributed by atoms with Gasteiger partial charge in [0.15, 0.2) is 0 Å². The number of ether oxygens (including phenoxy) is 1. The van der Waals surface area contributed by atoms with Gasteiger partial charge in [-0.15, -0.1) is 4.89 Å². The van der Waals surface area contributed by atoms with Crippen LogP contribution in [0.3, 0.4) is 0 Å². The van der Waals surface area contributed by atoms with E-state index in [-0.39, 0.29) is 0 Å². The maximum absolute atomic E-state index is 5.36. The molecular formula is C14H15NO2S. The molecule has 0 radical (unpaired) electrons. The van der Waals surface area contributed by atoms with Gasteiger partial charge in [0.25, 0.3) is 0 Å². The van der Waals surface area contributed by atoms with Crippen LogP contribution >= 0.6 is 11.9 Å². The Balaban J connectivity index is 1.72. The molecule has 0 unspecified atom stereocenters. The van der Waals surface area contributed by atoms with Crippen molar-refractivity contribution in [3.05, 3.63) is 60.2 Å². The van der Waals surface area contributed by atoms with Gasteiger partial charge in [0.2, 0.25) is 0 Å². The zero-order chi connectivity index (χ0) is 12.6. The monoisotopic (exact) mass is 261 g/mol. The third-order valence-electron chi connectivity index (χ3n) is 2.36. The average Bonchev–Trinajstić information content (AvgIpc) is 2.45. The van der Waals surface area contributed by atoms with E-state index in [0.717, 1.165) is 16.2 Å². The van der Waals surface area contributed by atoms with Gasteiger partial charge in [-0.3, -0.25) is 4.84 Å². The molecule has 4 heteroatoms. The highest BCUT2D eigenvalue weighted by Gasteiger charge is 1.96. The Kier molecular flexibility index (Phi) is 5.08. The Morgan fingerprint density at radius 1 is 1.00 bits per heavy atom. The van der Waals surface area contributed by atoms with Crippen molar-refractivity contribution in [1.82, 2.24) is 4.89 Å². The van der Waals surface area contributed by atoms with Crippen LogP contribution < -0.4 is 9.62 Å². The minimum absolute atomic E-state index is 0.546. The van der Waals surface area contributed by atoms with E-state index in [4.69, 9.17) is 9.57 Å². The van der Waals surface area contributed by atoms with Crippen LogP contribution in [0.2, 0.25) is 0 Å². The van der Waals surface area contributed by atoms with E-state index in [1.165, 1.54) is 11.9 Å². The third kappa shape index (κ3) is 4.07. The predicted molar refractivity (Wildman–Crippen MR) is 73.2 cm³/mol. The van der Waals surface area contributed by atoms with Crippen LogP contribution in [0, 0.1) is 0 Å². The summed E-state index contributed by atoms with van der Waals surface area (Å²) >= 11 is 1.43. The Morgan fingerprint density at radius 3 is 2.39 bits per heavy atom. The second-order valence-electron chi connectivity index (χ2n) is 3.64. The molecular weight excluding hydrogens is 246 g/mol. The number of hydrogen-bond donors (Lipinski definition) is 1. The minimum Gasteiger partial charge on any atom is -0.497 e. The van der Waals surface area contributed by atoms with E-state index >= 15 is 0 Å². The quantitative estimate of drug-likeness (QED) is 0.490. The van der Waals surface area contributed by atoms with Crippen molar-refractivity contribution >= 4 is 11.9 Å². The van der Waals surface area contributed by atoms with E-state index < -0.39 is 0 Å². The van der Waals surface area contributed by atoms with E-state index in [0.29, 0.717) is 6.61 Å². The fourth-order valence-corrected chi connectivity index (χ4v) is 1.89. The molecule has 0 spiro atoms. The van der Waals surface area contributed by atoms with E-state index in [9.17, 15) is 0 Å². The molecule has 3 nitrogen and oxygen atoms in total. The molecule has 0 saturated heterocycles. The molecule has 0 bridgehead atoms. The van der Waals surface area contributed by atoms with Gasteiger partial charge in [0, 0.05) is 4.90 Å². The maximum atomic E-state index is 5.36. The zero-order valence-electron chi connectivity index (χ0n) is 10.1. The first-order valence-electron chi connectivity index (χ1n) is 5.60. The maximum Gasteiger partial charge on any atom is 0.118 e. The van der Waals surface area contributed by atoms with E-state index in [2.05, 4.69) is 4.89 Å². The number of rotatable bonds is 6. The molecule has 0 aromatic heterocycles. The lowest BCUT2D eigenvalue weighted by Gasteiger charge is -2.05. The van der Waals surface area contributed by atoms with Crippen molar-refractivity contribution in [2.24, 2.45) is 0 Å². The van der Waals surface area contributed by atoms with Crippen molar-refractivity contribution in [3.8, 4) is 5.75 Å². The summed E-state index contributed by atoms with van der Waals surface area (Å²) in [7, 11) is 1.66. The van der Waals surface area contributed by atoms with Gasteiger partial charge in [-0.2, -0.15) is 0 Å². The van der Waals surface area contributed by atoms with Crippen LogP contribution in [0.15, 0.2) is 59.5 Å². The Bertz CT molecular complexity index is 459. The van der Waals surface area contributed by atoms with Crippen LogP contribution in [0.25, 0.3) is 0 Å². The van der Waals surface area contributed by atoms with Gasteiger partial charge in [-0.25, -0.2) is 0 Å². The second kappa shape index (κ2) is 7.06. The Labute approximate surface area is 111 Å². The third-order valence-corrected chi connectivity index (χ3v) is 3.07. The van der Waals surface area contributed by atoms with Crippen LogP contribution in [0.5, 0.6) is 5.75 Å². The van der Waals surface area contributed by atoms with Gasteiger partial charge in [-0.05, 0) is 41.8 Å². The number of methoxy groups -OCH3 is 1. The van der Waals surface area contributed by atoms with Crippen molar-refractivity contribution in [2.75, 3.05) is 7.11 Å². The molecule has 2 rings (SSSR count). The minimum atomic E-state index is 0.546. The summed E-state index contributed by atoms with van der Waals surface area (Å²) in [5.41, 5.74) is 1.14. The normalized spacial score (nSPS) is 10.3. The molecule has 94 valence electrons. The summed E-state index contributed by atoms with van der Waals surface area (Å²) in [4.78, 5) is 9.30. The molecule has 0 amide bonds. The summed E-state index contributed by atoms with van der Waals surface area (Å²) in [6.07, 6.45) is 0.